The summed E-state index contributed by atoms with van der Waals surface area (Å²) in [6.07, 6.45) is 0.396. The maximum absolute atomic E-state index is 12.6. The number of rotatable bonds is 14. The van der Waals surface area contributed by atoms with E-state index in [0.717, 1.165) is 12.8 Å². The van der Waals surface area contributed by atoms with Crippen molar-refractivity contribution in [3.8, 4) is 0 Å². The van der Waals surface area contributed by atoms with Crippen LogP contribution in [0.2, 0.25) is 0 Å². The van der Waals surface area contributed by atoms with E-state index in [1.165, 1.54) is 13.8 Å². The van der Waals surface area contributed by atoms with Crippen LogP contribution in [0.3, 0.4) is 0 Å². The van der Waals surface area contributed by atoms with Crippen molar-refractivity contribution in [2.45, 2.75) is 92.3 Å². The summed E-state index contributed by atoms with van der Waals surface area (Å²) < 4.78 is 10.4. The quantitative estimate of drug-likeness (QED) is 0.250. The topological polar surface area (TPSA) is 107 Å². The van der Waals surface area contributed by atoms with E-state index in [4.69, 9.17) is 14.6 Å². The lowest BCUT2D eigenvalue weighted by Crippen LogP contribution is -2.47. The first-order valence-electron chi connectivity index (χ1n) is 10.5. The predicted molar refractivity (Wildman–Crippen MR) is 110 cm³/mol. The number of ketones is 1. The van der Waals surface area contributed by atoms with Gasteiger partial charge in [-0.1, -0.05) is 34.6 Å². The molecule has 0 bridgehead atoms. The van der Waals surface area contributed by atoms with Crippen molar-refractivity contribution < 1.29 is 33.8 Å². The minimum absolute atomic E-state index is 0.0308. The van der Waals surface area contributed by atoms with E-state index in [2.05, 4.69) is 20.8 Å². The van der Waals surface area contributed by atoms with Gasteiger partial charge in [-0.3, -0.25) is 9.59 Å². The highest BCUT2D eigenvalue weighted by Gasteiger charge is 2.41. The Hall–Kier alpha value is -1.92. The Morgan fingerprint density at radius 2 is 1.66 bits per heavy atom. The average molecular weight is 415 g/mol. The minimum Gasteiger partial charge on any atom is -0.458 e. The summed E-state index contributed by atoms with van der Waals surface area (Å²) in [6.45, 7) is 13.0. The number of aldehydes is 1. The number of esters is 1. The Balaban J connectivity index is 5.15. The monoisotopic (exact) mass is 414 g/mol. The van der Waals surface area contributed by atoms with Crippen molar-refractivity contribution in [2.75, 3.05) is 0 Å². The largest absolute Gasteiger partial charge is 0.506 e. The molecule has 168 valence electrons. The molecule has 0 aromatic carbocycles. The summed E-state index contributed by atoms with van der Waals surface area (Å²) in [5, 5.41) is 9.16. The second-order valence-electron chi connectivity index (χ2n) is 8.78. The van der Waals surface area contributed by atoms with Gasteiger partial charge < -0.3 is 19.4 Å². The zero-order chi connectivity index (χ0) is 22.8. The van der Waals surface area contributed by atoms with E-state index in [1.807, 2.05) is 6.92 Å². The molecule has 0 aliphatic carbocycles. The molecule has 3 unspecified atom stereocenters. The van der Waals surface area contributed by atoms with Crippen molar-refractivity contribution in [1.29, 1.82) is 0 Å². The number of carboxylic acid groups (broad SMARTS) is 1. The van der Waals surface area contributed by atoms with Crippen LogP contribution in [0.15, 0.2) is 0 Å². The van der Waals surface area contributed by atoms with Gasteiger partial charge in [0.15, 0.2) is 0 Å². The number of hydrogen-bond acceptors (Lipinski definition) is 6. The predicted octanol–water partition coefficient (Wildman–Crippen LogP) is 4.65. The fourth-order valence-electron chi connectivity index (χ4n) is 3.67. The van der Waals surface area contributed by atoms with E-state index in [9.17, 15) is 19.2 Å². The number of Topliss-reactive ketones (excluding diaryl/α,β-unsaturated/α-hetero) is 1. The first-order chi connectivity index (χ1) is 13.4. The molecule has 7 heteroatoms. The lowest BCUT2D eigenvalue weighted by Gasteiger charge is -2.35. The highest BCUT2D eigenvalue weighted by molar-refractivity contribution is 5.87. The standard InChI is InChI=1S/C22H38O7/c1-8-19(28-20(25)17(6)13-23)22(7,29-21(26)27)10-9-18(24)16(5)12-15(4)11-14(2)3/h13-17,19H,8-12H2,1-7H3,(H,26,27)/t15?,16-,17?,19?,22+/m1/s1. The Labute approximate surface area is 174 Å². The third-order valence-electron chi connectivity index (χ3n) is 5.25. The molecular formula is C22H38O7. The average Bonchev–Trinajstić information content (AvgIpc) is 2.61. The summed E-state index contributed by atoms with van der Waals surface area (Å²) in [4.78, 5) is 46.7. The van der Waals surface area contributed by atoms with E-state index >= 15 is 0 Å². The number of carbonyl (C=O) groups is 4. The molecule has 0 radical (unpaired) electrons. The van der Waals surface area contributed by atoms with Crippen LogP contribution in [-0.2, 0) is 23.9 Å². The van der Waals surface area contributed by atoms with Gasteiger partial charge in [-0.25, -0.2) is 4.79 Å². The number of carbonyl (C=O) groups excluding carboxylic acids is 3. The zero-order valence-electron chi connectivity index (χ0n) is 18.9. The summed E-state index contributed by atoms with van der Waals surface area (Å²) in [6, 6.07) is 0. The third-order valence-corrected chi connectivity index (χ3v) is 5.25. The van der Waals surface area contributed by atoms with Gasteiger partial charge in [0.05, 0.1) is 0 Å². The maximum atomic E-state index is 12.6. The van der Waals surface area contributed by atoms with Crippen LogP contribution in [0, 0.1) is 23.7 Å². The lowest BCUT2D eigenvalue weighted by atomic mass is 9.84. The maximum Gasteiger partial charge on any atom is 0.506 e. The van der Waals surface area contributed by atoms with Gasteiger partial charge in [0.2, 0.25) is 0 Å². The molecule has 7 nitrogen and oxygen atoms in total. The second-order valence-corrected chi connectivity index (χ2v) is 8.78. The van der Waals surface area contributed by atoms with E-state index in [1.54, 1.807) is 6.92 Å². The van der Waals surface area contributed by atoms with Gasteiger partial charge in [-0.15, -0.1) is 0 Å². The molecule has 0 saturated carbocycles. The smallest absolute Gasteiger partial charge is 0.458 e. The van der Waals surface area contributed by atoms with E-state index < -0.39 is 29.7 Å². The van der Waals surface area contributed by atoms with Gasteiger partial charge in [-0.2, -0.15) is 0 Å². The van der Waals surface area contributed by atoms with Gasteiger partial charge >= 0.3 is 12.1 Å². The second kappa shape index (κ2) is 12.6. The minimum atomic E-state index is -1.50. The van der Waals surface area contributed by atoms with Gasteiger partial charge in [0.1, 0.15) is 29.7 Å². The van der Waals surface area contributed by atoms with Crippen LogP contribution in [0.4, 0.5) is 4.79 Å². The first kappa shape index (κ1) is 27.1. The van der Waals surface area contributed by atoms with Crippen molar-refractivity contribution in [3.05, 3.63) is 0 Å². The molecule has 0 heterocycles. The highest BCUT2D eigenvalue weighted by atomic mass is 16.7. The molecule has 5 atom stereocenters. The van der Waals surface area contributed by atoms with Crippen molar-refractivity contribution in [1.82, 2.24) is 0 Å². The van der Waals surface area contributed by atoms with Crippen LogP contribution in [-0.4, -0.2) is 41.0 Å². The van der Waals surface area contributed by atoms with Gasteiger partial charge in [0, 0.05) is 12.3 Å². The molecule has 0 fully saturated rings. The first-order valence-corrected chi connectivity index (χ1v) is 10.5. The Morgan fingerprint density at radius 3 is 2.10 bits per heavy atom. The van der Waals surface area contributed by atoms with Crippen LogP contribution in [0.1, 0.15) is 80.6 Å². The van der Waals surface area contributed by atoms with E-state index in [-0.39, 0.29) is 31.0 Å². The fourth-order valence-corrected chi connectivity index (χ4v) is 3.67. The van der Waals surface area contributed by atoms with Crippen molar-refractivity contribution in [2.24, 2.45) is 23.7 Å². The van der Waals surface area contributed by atoms with Crippen molar-refractivity contribution in [3.63, 3.8) is 0 Å². The van der Waals surface area contributed by atoms with Gasteiger partial charge in [0.25, 0.3) is 0 Å². The molecule has 0 saturated heterocycles. The lowest BCUT2D eigenvalue weighted by molar-refractivity contribution is -0.171. The summed E-state index contributed by atoms with van der Waals surface area (Å²) >= 11 is 0. The number of ether oxygens (including phenoxy) is 2. The molecule has 0 aliphatic rings. The number of hydrogen-bond donors (Lipinski definition) is 1. The normalized spacial score (nSPS) is 17.5. The highest BCUT2D eigenvalue weighted by Crippen LogP contribution is 2.30. The molecule has 29 heavy (non-hydrogen) atoms. The summed E-state index contributed by atoms with van der Waals surface area (Å²) in [5.74, 6) is -0.826. The Kier molecular flexibility index (Phi) is 11.8. The van der Waals surface area contributed by atoms with Crippen LogP contribution >= 0.6 is 0 Å². The van der Waals surface area contributed by atoms with Gasteiger partial charge in [-0.05, 0) is 51.4 Å². The molecule has 0 aromatic heterocycles. The third kappa shape index (κ3) is 9.90. The summed E-state index contributed by atoms with van der Waals surface area (Å²) in [7, 11) is 0. The van der Waals surface area contributed by atoms with Crippen LogP contribution < -0.4 is 0 Å². The van der Waals surface area contributed by atoms with Crippen LogP contribution in [0.5, 0.6) is 0 Å². The molecule has 0 spiro atoms. The molecule has 0 amide bonds. The summed E-state index contributed by atoms with van der Waals surface area (Å²) in [5.41, 5.74) is -1.38. The fraction of sp³-hybridized carbons (Fsp3) is 0.818. The Bertz CT molecular complexity index is 557. The SMILES string of the molecule is CCC(OC(=O)C(C)C=O)[C@](C)(CCC(=O)[C@H](C)CC(C)CC(C)C)OC(=O)O. The zero-order valence-corrected chi connectivity index (χ0v) is 18.9. The van der Waals surface area contributed by atoms with E-state index in [0.29, 0.717) is 18.1 Å². The molecular weight excluding hydrogens is 376 g/mol. The van der Waals surface area contributed by atoms with Crippen LogP contribution in [0.25, 0.3) is 0 Å². The molecule has 1 N–H and O–H groups in total. The molecule has 0 aromatic rings. The molecule has 0 aliphatic heterocycles. The Morgan fingerprint density at radius 1 is 1.07 bits per heavy atom. The van der Waals surface area contributed by atoms with Crippen molar-refractivity contribution >= 4 is 24.2 Å². The molecule has 0 rings (SSSR count).